The molecule has 0 spiro atoms. The van der Waals surface area contributed by atoms with E-state index in [1.165, 1.54) is 51.8 Å². The van der Waals surface area contributed by atoms with Gasteiger partial charge in [-0.3, -0.25) is 0 Å². The van der Waals surface area contributed by atoms with Gasteiger partial charge in [-0.25, -0.2) is 0 Å². The van der Waals surface area contributed by atoms with E-state index in [0.29, 0.717) is 6.61 Å². The second kappa shape index (κ2) is 9.90. The van der Waals surface area contributed by atoms with Gasteiger partial charge in [0.15, 0.2) is 0 Å². The quantitative estimate of drug-likeness (QED) is 0.317. The van der Waals surface area contributed by atoms with Gasteiger partial charge in [-0.05, 0) is 101 Å². The molecule has 0 saturated carbocycles. The van der Waals surface area contributed by atoms with Crippen molar-refractivity contribution in [2.24, 2.45) is 0 Å². The number of hydrogen-bond donors (Lipinski definition) is 0. The van der Waals surface area contributed by atoms with Crippen LogP contribution in [0.1, 0.15) is 87.8 Å². The van der Waals surface area contributed by atoms with Gasteiger partial charge in [0, 0.05) is 0 Å². The van der Waals surface area contributed by atoms with Crippen molar-refractivity contribution in [1.82, 2.24) is 0 Å². The molecule has 1 nitrogen and oxygen atoms in total. The van der Waals surface area contributed by atoms with E-state index in [4.69, 9.17) is 4.74 Å². The number of ether oxygens (including phenoxy) is 1. The Labute approximate surface area is 212 Å². The van der Waals surface area contributed by atoms with Gasteiger partial charge in [0.2, 0.25) is 0 Å². The fraction of sp³-hybridized carbons (Fsp3) is 0.353. The van der Waals surface area contributed by atoms with Crippen LogP contribution in [0.5, 0.6) is 5.75 Å². The summed E-state index contributed by atoms with van der Waals surface area (Å²) in [6.45, 7) is 18.8. The highest BCUT2D eigenvalue weighted by Crippen LogP contribution is 2.46. The standard InChI is InChI=1S/C34H40O/c1-8-35-30-16-11-27(12-17-30)21-24(2)28-13-9-26(10-14-28)22-25(3)29-15-18-31-32(23-29)34(6,7)20-19-33(31,4)5/h9-18,22-23H,2,8,19-21H2,1,3-7H3/b25-22+. The van der Waals surface area contributed by atoms with Crippen molar-refractivity contribution in [3.63, 3.8) is 0 Å². The minimum atomic E-state index is 0.229. The number of fused-ring (bicyclic) bond motifs is 1. The Kier molecular flexibility index (Phi) is 7.08. The van der Waals surface area contributed by atoms with E-state index in [9.17, 15) is 0 Å². The zero-order valence-corrected chi connectivity index (χ0v) is 22.4. The van der Waals surface area contributed by atoms with Gasteiger partial charge in [0.25, 0.3) is 0 Å². The summed E-state index contributed by atoms with van der Waals surface area (Å²) in [5.74, 6) is 0.916. The van der Waals surface area contributed by atoms with Crippen molar-refractivity contribution in [3.8, 4) is 5.75 Å². The van der Waals surface area contributed by atoms with E-state index in [2.05, 4.69) is 102 Å². The molecule has 4 rings (SSSR count). The number of benzene rings is 3. The van der Waals surface area contributed by atoms with Crippen LogP contribution in [0.3, 0.4) is 0 Å². The summed E-state index contributed by atoms with van der Waals surface area (Å²) in [5.41, 5.74) is 10.9. The zero-order valence-electron chi connectivity index (χ0n) is 22.4. The molecule has 182 valence electrons. The summed E-state index contributed by atoms with van der Waals surface area (Å²) in [7, 11) is 0. The van der Waals surface area contributed by atoms with E-state index in [0.717, 1.165) is 17.7 Å². The number of hydrogen-bond acceptors (Lipinski definition) is 1. The van der Waals surface area contributed by atoms with E-state index in [1.54, 1.807) is 0 Å². The van der Waals surface area contributed by atoms with Crippen molar-refractivity contribution in [3.05, 3.63) is 107 Å². The highest BCUT2D eigenvalue weighted by Gasteiger charge is 2.36. The molecule has 0 atom stereocenters. The third-order valence-electron chi connectivity index (χ3n) is 7.66. The van der Waals surface area contributed by atoms with Crippen LogP contribution < -0.4 is 4.74 Å². The summed E-state index contributed by atoms with van der Waals surface area (Å²) in [5, 5.41) is 0. The van der Waals surface area contributed by atoms with Crippen LogP contribution in [0.15, 0.2) is 73.3 Å². The predicted octanol–water partition coefficient (Wildman–Crippen LogP) is 9.25. The van der Waals surface area contributed by atoms with E-state index >= 15 is 0 Å². The Morgan fingerprint density at radius 2 is 1.43 bits per heavy atom. The van der Waals surface area contributed by atoms with Crippen molar-refractivity contribution in [2.45, 2.75) is 71.6 Å². The van der Waals surface area contributed by atoms with Gasteiger partial charge in [0.05, 0.1) is 6.61 Å². The molecule has 0 unspecified atom stereocenters. The third kappa shape index (κ3) is 5.61. The first kappa shape index (κ1) is 25.0. The molecule has 0 fully saturated rings. The largest absolute Gasteiger partial charge is 0.494 e. The lowest BCUT2D eigenvalue weighted by atomic mass is 9.63. The molecule has 1 aliphatic rings. The average Bonchev–Trinajstić information content (AvgIpc) is 2.84. The van der Waals surface area contributed by atoms with Crippen LogP contribution in [-0.2, 0) is 17.3 Å². The number of rotatable bonds is 7. The Morgan fingerprint density at radius 1 is 0.829 bits per heavy atom. The molecule has 0 radical (unpaired) electrons. The Hall–Kier alpha value is -3.06. The van der Waals surface area contributed by atoms with Crippen LogP contribution in [0, 0.1) is 0 Å². The van der Waals surface area contributed by atoms with Crippen molar-refractivity contribution in [2.75, 3.05) is 6.61 Å². The first-order valence-corrected chi connectivity index (χ1v) is 12.9. The van der Waals surface area contributed by atoms with Crippen molar-refractivity contribution in [1.29, 1.82) is 0 Å². The lowest BCUT2D eigenvalue weighted by Crippen LogP contribution is -2.33. The molecule has 3 aromatic rings. The molecule has 0 heterocycles. The minimum absolute atomic E-state index is 0.229. The molecule has 0 aliphatic heterocycles. The first-order valence-electron chi connectivity index (χ1n) is 12.9. The Bertz CT molecular complexity index is 1220. The summed E-state index contributed by atoms with van der Waals surface area (Å²) in [6, 6.07) is 24.2. The lowest BCUT2D eigenvalue weighted by Gasteiger charge is -2.42. The molecule has 0 saturated heterocycles. The molecule has 0 bridgehead atoms. The topological polar surface area (TPSA) is 9.23 Å². The number of allylic oxidation sites excluding steroid dienone is 2. The molecule has 35 heavy (non-hydrogen) atoms. The smallest absolute Gasteiger partial charge is 0.119 e. The second-order valence-corrected chi connectivity index (χ2v) is 11.3. The minimum Gasteiger partial charge on any atom is -0.494 e. The highest BCUT2D eigenvalue weighted by molar-refractivity contribution is 5.81. The van der Waals surface area contributed by atoms with E-state index < -0.39 is 0 Å². The maximum atomic E-state index is 5.55. The third-order valence-corrected chi connectivity index (χ3v) is 7.66. The monoisotopic (exact) mass is 464 g/mol. The highest BCUT2D eigenvalue weighted by atomic mass is 16.5. The molecule has 0 N–H and O–H groups in total. The SMILES string of the molecule is C=C(Cc1ccc(OCC)cc1)c1ccc(/C=C(\C)c2ccc3c(c2)C(C)(C)CCC3(C)C)cc1. The van der Waals surface area contributed by atoms with Crippen LogP contribution in [-0.4, -0.2) is 6.61 Å². The first-order chi connectivity index (χ1) is 16.6. The van der Waals surface area contributed by atoms with E-state index in [1.807, 2.05) is 19.1 Å². The summed E-state index contributed by atoms with van der Waals surface area (Å²) >= 11 is 0. The van der Waals surface area contributed by atoms with Crippen molar-refractivity contribution >= 4 is 17.2 Å². The maximum Gasteiger partial charge on any atom is 0.119 e. The Morgan fingerprint density at radius 3 is 2.06 bits per heavy atom. The van der Waals surface area contributed by atoms with Gasteiger partial charge < -0.3 is 4.74 Å². The molecule has 0 aromatic heterocycles. The molecular weight excluding hydrogens is 424 g/mol. The van der Waals surface area contributed by atoms with Crippen LogP contribution >= 0.6 is 0 Å². The van der Waals surface area contributed by atoms with Gasteiger partial charge in [-0.1, -0.05) is 94.9 Å². The molecule has 1 aliphatic carbocycles. The summed E-state index contributed by atoms with van der Waals surface area (Å²) < 4.78 is 5.55. The average molecular weight is 465 g/mol. The molecule has 1 heteroatoms. The summed E-state index contributed by atoms with van der Waals surface area (Å²) in [6.07, 6.45) is 5.61. The van der Waals surface area contributed by atoms with Crippen LogP contribution in [0.25, 0.3) is 17.2 Å². The van der Waals surface area contributed by atoms with Gasteiger partial charge in [0.1, 0.15) is 5.75 Å². The van der Waals surface area contributed by atoms with Gasteiger partial charge in [-0.15, -0.1) is 0 Å². The molecular formula is C34H40O. The van der Waals surface area contributed by atoms with E-state index in [-0.39, 0.29) is 10.8 Å². The lowest BCUT2D eigenvalue weighted by molar-refractivity contribution is 0.332. The second-order valence-electron chi connectivity index (χ2n) is 11.3. The Balaban J connectivity index is 1.49. The molecule has 0 amide bonds. The predicted molar refractivity (Wildman–Crippen MR) is 152 cm³/mol. The summed E-state index contributed by atoms with van der Waals surface area (Å²) in [4.78, 5) is 0. The van der Waals surface area contributed by atoms with Crippen LogP contribution in [0.2, 0.25) is 0 Å². The van der Waals surface area contributed by atoms with Crippen LogP contribution in [0.4, 0.5) is 0 Å². The normalized spacial score (nSPS) is 16.5. The van der Waals surface area contributed by atoms with Gasteiger partial charge >= 0.3 is 0 Å². The molecule has 3 aromatic carbocycles. The maximum absolute atomic E-state index is 5.55. The van der Waals surface area contributed by atoms with Crippen molar-refractivity contribution < 1.29 is 4.74 Å². The fourth-order valence-electron chi connectivity index (χ4n) is 5.20. The fourth-order valence-corrected chi connectivity index (χ4v) is 5.20. The zero-order chi connectivity index (χ0) is 25.2. The van der Waals surface area contributed by atoms with Gasteiger partial charge in [-0.2, -0.15) is 0 Å².